The Morgan fingerprint density at radius 3 is 2.85 bits per heavy atom. The van der Waals surface area contributed by atoms with Crippen LogP contribution < -0.4 is 0 Å². The summed E-state index contributed by atoms with van der Waals surface area (Å²) in [5.41, 5.74) is 0. The van der Waals surface area contributed by atoms with Gasteiger partial charge in [0.2, 0.25) is 0 Å². The van der Waals surface area contributed by atoms with Crippen molar-refractivity contribution < 1.29 is 4.74 Å². The van der Waals surface area contributed by atoms with Crippen molar-refractivity contribution in [2.24, 2.45) is 11.8 Å². The van der Waals surface area contributed by atoms with Crippen molar-refractivity contribution in [3.05, 3.63) is 24.3 Å². The SMILES string of the molecule is CC(OCC1C=CC=CC1)C1CC1. The van der Waals surface area contributed by atoms with Crippen LogP contribution in [-0.4, -0.2) is 12.7 Å². The number of hydrogen-bond acceptors (Lipinski definition) is 1. The molecule has 2 aliphatic carbocycles. The maximum Gasteiger partial charge on any atom is 0.0575 e. The standard InChI is InChI=1S/C12H18O/c1-10(12-7-8-12)13-9-11-5-3-2-4-6-11/h2-5,10-12H,6-9H2,1H3. The molecular formula is C12H18O. The molecule has 1 saturated carbocycles. The molecule has 0 spiro atoms. The molecule has 0 aromatic carbocycles. The Kier molecular flexibility index (Phi) is 2.84. The minimum Gasteiger partial charge on any atom is -0.378 e. The van der Waals surface area contributed by atoms with Crippen LogP contribution in [0.4, 0.5) is 0 Å². The zero-order valence-electron chi connectivity index (χ0n) is 8.28. The fraction of sp³-hybridized carbons (Fsp3) is 0.667. The van der Waals surface area contributed by atoms with Gasteiger partial charge in [-0.2, -0.15) is 0 Å². The fourth-order valence-corrected chi connectivity index (χ4v) is 1.73. The highest BCUT2D eigenvalue weighted by molar-refractivity contribution is 5.10. The lowest BCUT2D eigenvalue weighted by Crippen LogP contribution is -2.16. The molecule has 2 aliphatic rings. The van der Waals surface area contributed by atoms with E-state index in [0.29, 0.717) is 12.0 Å². The monoisotopic (exact) mass is 178 g/mol. The molecule has 0 aliphatic heterocycles. The largest absolute Gasteiger partial charge is 0.378 e. The maximum absolute atomic E-state index is 5.82. The molecule has 0 radical (unpaired) electrons. The van der Waals surface area contributed by atoms with Crippen molar-refractivity contribution in [3.8, 4) is 0 Å². The molecule has 0 amide bonds. The van der Waals surface area contributed by atoms with E-state index in [0.717, 1.165) is 18.9 Å². The van der Waals surface area contributed by atoms with Gasteiger partial charge in [0, 0.05) is 5.92 Å². The van der Waals surface area contributed by atoms with Crippen molar-refractivity contribution in [3.63, 3.8) is 0 Å². The first kappa shape index (κ1) is 9.01. The predicted molar refractivity (Wildman–Crippen MR) is 54.5 cm³/mol. The van der Waals surface area contributed by atoms with Gasteiger partial charge in [0.25, 0.3) is 0 Å². The first-order chi connectivity index (χ1) is 6.36. The average Bonchev–Trinajstić information content (AvgIpc) is 2.99. The van der Waals surface area contributed by atoms with Gasteiger partial charge in [0.05, 0.1) is 12.7 Å². The lowest BCUT2D eigenvalue weighted by Gasteiger charge is -2.17. The smallest absolute Gasteiger partial charge is 0.0575 e. The summed E-state index contributed by atoms with van der Waals surface area (Å²) in [6.45, 7) is 3.11. The van der Waals surface area contributed by atoms with Gasteiger partial charge in [-0.25, -0.2) is 0 Å². The van der Waals surface area contributed by atoms with Gasteiger partial charge in [-0.15, -0.1) is 0 Å². The number of allylic oxidation sites excluding steroid dienone is 3. The Labute approximate surface area is 80.5 Å². The number of hydrogen-bond donors (Lipinski definition) is 0. The number of rotatable bonds is 4. The lowest BCUT2D eigenvalue weighted by molar-refractivity contribution is 0.0363. The van der Waals surface area contributed by atoms with Crippen molar-refractivity contribution in [2.45, 2.75) is 32.3 Å². The van der Waals surface area contributed by atoms with Gasteiger partial charge in [-0.05, 0) is 32.1 Å². The van der Waals surface area contributed by atoms with E-state index in [1.807, 2.05) is 0 Å². The molecule has 2 rings (SSSR count). The van der Waals surface area contributed by atoms with E-state index in [9.17, 15) is 0 Å². The Hall–Kier alpha value is -0.560. The third-order valence-corrected chi connectivity index (χ3v) is 2.93. The molecule has 0 aromatic rings. The quantitative estimate of drug-likeness (QED) is 0.643. The third-order valence-electron chi connectivity index (χ3n) is 2.93. The normalized spacial score (nSPS) is 29.2. The van der Waals surface area contributed by atoms with Crippen LogP contribution in [0.1, 0.15) is 26.2 Å². The molecular weight excluding hydrogens is 160 g/mol. The first-order valence-electron chi connectivity index (χ1n) is 5.31. The van der Waals surface area contributed by atoms with Crippen LogP contribution >= 0.6 is 0 Å². The summed E-state index contributed by atoms with van der Waals surface area (Å²) in [5, 5.41) is 0. The van der Waals surface area contributed by atoms with E-state index < -0.39 is 0 Å². The molecule has 0 heterocycles. The summed E-state index contributed by atoms with van der Waals surface area (Å²) in [6, 6.07) is 0. The topological polar surface area (TPSA) is 9.23 Å². The van der Waals surface area contributed by atoms with Crippen LogP contribution in [0.25, 0.3) is 0 Å². The zero-order chi connectivity index (χ0) is 9.10. The Morgan fingerprint density at radius 1 is 1.38 bits per heavy atom. The second-order valence-electron chi connectivity index (χ2n) is 4.18. The molecule has 13 heavy (non-hydrogen) atoms. The molecule has 0 saturated heterocycles. The van der Waals surface area contributed by atoms with E-state index in [2.05, 4.69) is 31.2 Å². The van der Waals surface area contributed by atoms with Crippen LogP contribution in [0.5, 0.6) is 0 Å². The number of ether oxygens (including phenoxy) is 1. The van der Waals surface area contributed by atoms with Gasteiger partial charge >= 0.3 is 0 Å². The van der Waals surface area contributed by atoms with E-state index in [1.165, 1.54) is 12.8 Å². The van der Waals surface area contributed by atoms with Gasteiger partial charge in [-0.1, -0.05) is 24.3 Å². The van der Waals surface area contributed by atoms with Crippen molar-refractivity contribution in [1.82, 2.24) is 0 Å². The van der Waals surface area contributed by atoms with Gasteiger partial charge < -0.3 is 4.74 Å². The van der Waals surface area contributed by atoms with Gasteiger partial charge in [-0.3, -0.25) is 0 Å². The molecule has 2 unspecified atom stereocenters. The summed E-state index contributed by atoms with van der Waals surface area (Å²) in [6.07, 6.45) is 13.1. The highest BCUT2D eigenvalue weighted by Crippen LogP contribution is 2.34. The summed E-state index contributed by atoms with van der Waals surface area (Å²) in [4.78, 5) is 0. The lowest BCUT2D eigenvalue weighted by atomic mass is 10.0. The molecule has 0 aromatic heterocycles. The minimum absolute atomic E-state index is 0.485. The Bertz CT molecular complexity index is 213. The molecule has 1 fully saturated rings. The van der Waals surface area contributed by atoms with Crippen LogP contribution in [0.15, 0.2) is 24.3 Å². The highest BCUT2D eigenvalue weighted by atomic mass is 16.5. The second kappa shape index (κ2) is 4.10. The summed E-state index contributed by atoms with van der Waals surface area (Å²) in [7, 11) is 0. The average molecular weight is 178 g/mol. The Morgan fingerprint density at radius 2 is 2.23 bits per heavy atom. The van der Waals surface area contributed by atoms with Gasteiger partial charge in [0.1, 0.15) is 0 Å². The van der Waals surface area contributed by atoms with Crippen molar-refractivity contribution >= 4 is 0 Å². The fourth-order valence-electron chi connectivity index (χ4n) is 1.73. The van der Waals surface area contributed by atoms with Crippen LogP contribution in [-0.2, 0) is 4.74 Å². The first-order valence-corrected chi connectivity index (χ1v) is 5.31. The van der Waals surface area contributed by atoms with Crippen LogP contribution in [0, 0.1) is 11.8 Å². The summed E-state index contributed by atoms with van der Waals surface area (Å²) >= 11 is 0. The highest BCUT2D eigenvalue weighted by Gasteiger charge is 2.28. The molecule has 0 N–H and O–H groups in total. The van der Waals surface area contributed by atoms with Crippen molar-refractivity contribution in [2.75, 3.05) is 6.61 Å². The third kappa shape index (κ3) is 2.70. The minimum atomic E-state index is 0.485. The summed E-state index contributed by atoms with van der Waals surface area (Å²) < 4.78 is 5.82. The van der Waals surface area contributed by atoms with E-state index >= 15 is 0 Å². The molecule has 72 valence electrons. The zero-order valence-corrected chi connectivity index (χ0v) is 8.28. The molecule has 1 heteroatoms. The molecule has 0 bridgehead atoms. The van der Waals surface area contributed by atoms with E-state index in [1.54, 1.807) is 0 Å². The second-order valence-corrected chi connectivity index (χ2v) is 4.18. The van der Waals surface area contributed by atoms with Crippen LogP contribution in [0.3, 0.4) is 0 Å². The van der Waals surface area contributed by atoms with Crippen molar-refractivity contribution in [1.29, 1.82) is 0 Å². The van der Waals surface area contributed by atoms with Crippen LogP contribution in [0.2, 0.25) is 0 Å². The Balaban J connectivity index is 1.66. The molecule has 2 atom stereocenters. The summed E-state index contributed by atoms with van der Waals surface area (Å²) in [5.74, 6) is 1.48. The van der Waals surface area contributed by atoms with E-state index in [-0.39, 0.29) is 0 Å². The maximum atomic E-state index is 5.82. The van der Waals surface area contributed by atoms with Gasteiger partial charge in [0.15, 0.2) is 0 Å². The molecule has 1 nitrogen and oxygen atoms in total. The predicted octanol–water partition coefficient (Wildman–Crippen LogP) is 2.93. The van der Waals surface area contributed by atoms with E-state index in [4.69, 9.17) is 4.74 Å².